The number of halogens is 1. The van der Waals surface area contributed by atoms with Crippen molar-refractivity contribution in [3.63, 3.8) is 0 Å². The quantitative estimate of drug-likeness (QED) is 0.800. The fraction of sp³-hybridized carbons (Fsp3) is 0.455. The first-order valence-electron chi connectivity index (χ1n) is 5.55. The third-order valence-corrected chi connectivity index (χ3v) is 3.22. The molecule has 1 aliphatic heterocycles. The summed E-state index contributed by atoms with van der Waals surface area (Å²) < 4.78 is 1.74. The number of aromatic nitrogens is 3. The normalized spacial score (nSPS) is 17.3. The highest BCUT2D eigenvalue weighted by atomic mass is 35.5. The lowest BCUT2D eigenvalue weighted by Gasteiger charge is -2.10. The molecule has 0 aliphatic carbocycles. The smallest absolute Gasteiger partial charge is 0.174 e. The summed E-state index contributed by atoms with van der Waals surface area (Å²) in [6, 6.07) is 3.72. The maximum absolute atomic E-state index is 6.05. The van der Waals surface area contributed by atoms with Crippen LogP contribution in [0.25, 0.3) is 5.65 Å². The molecule has 1 saturated heterocycles. The number of rotatable bonds is 2. The molecule has 0 unspecified atom stereocenters. The zero-order valence-electron chi connectivity index (χ0n) is 8.93. The Labute approximate surface area is 98.8 Å². The van der Waals surface area contributed by atoms with Gasteiger partial charge in [-0.3, -0.25) is 4.90 Å². The highest BCUT2D eigenvalue weighted by Gasteiger charge is 2.14. The Morgan fingerprint density at radius 1 is 1.31 bits per heavy atom. The number of pyridine rings is 1. The van der Waals surface area contributed by atoms with Crippen molar-refractivity contribution in [3.05, 3.63) is 29.2 Å². The molecule has 2 aromatic rings. The summed E-state index contributed by atoms with van der Waals surface area (Å²) in [6.45, 7) is 3.14. The third-order valence-electron chi connectivity index (χ3n) is 2.92. The number of nitrogens with zero attached hydrogens (tertiary/aromatic N) is 4. The second-order valence-corrected chi connectivity index (χ2v) is 4.54. The molecule has 16 heavy (non-hydrogen) atoms. The standard InChI is InChI=1S/C11H13ClN4/c12-9-4-3-7-16-11(9)13-10(14-16)8-15-5-1-2-6-15/h3-4,7H,1-2,5-6,8H2. The molecule has 0 N–H and O–H groups in total. The molecule has 0 spiro atoms. The zero-order chi connectivity index (χ0) is 11.0. The molecule has 1 aliphatic rings. The number of hydrogen-bond donors (Lipinski definition) is 0. The highest BCUT2D eigenvalue weighted by molar-refractivity contribution is 6.33. The third kappa shape index (κ3) is 1.79. The lowest BCUT2D eigenvalue weighted by atomic mass is 10.4. The van der Waals surface area contributed by atoms with Gasteiger partial charge in [-0.25, -0.2) is 9.50 Å². The van der Waals surface area contributed by atoms with Crippen LogP contribution in [0.3, 0.4) is 0 Å². The maximum atomic E-state index is 6.05. The molecule has 4 nitrogen and oxygen atoms in total. The Hall–Kier alpha value is -1.13. The second-order valence-electron chi connectivity index (χ2n) is 4.14. The van der Waals surface area contributed by atoms with Gasteiger partial charge in [0.15, 0.2) is 11.5 Å². The lowest BCUT2D eigenvalue weighted by Crippen LogP contribution is -2.19. The molecule has 2 aromatic heterocycles. The summed E-state index contributed by atoms with van der Waals surface area (Å²) in [5.41, 5.74) is 0.748. The van der Waals surface area contributed by atoms with Crippen LogP contribution in [0.1, 0.15) is 18.7 Å². The first kappa shape index (κ1) is 10.1. The summed E-state index contributed by atoms with van der Waals surface area (Å²) >= 11 is 6.05. The van der Waals surface area contributed by atoms with E-state index in [2.05, 4.69) is 15.0 Å². The fourth-order valence-corrected chi connectivity index (χ4v) is 2.33. The Kier molecular flexibility index (Phi) is 2.53. The predicted octanol–water partition coefficient (Wildman–Crippen LogP) is 1.98. The van der Waals surface area contributed by atoms with Gasteiger partial charge in [-0.2, -0.15) is 0 Å². The van der Waals surface area contributed by atoms with E-state index in [9.17, 15) is 0 Å². The summed E-state index contributed by atoms with van der Waals surface area (Å²) in [5.74, 6) is 0.856. The van der Waals surface area contributed by atoms with E-state index in [0.717, 1.165) is 31.1 Å². The summed E-state index contributed by atoms with van der Waals surface area (Å²) in [5, 5.41) is 5.07. The van der Waals surface area contributed by atoms with E-state index in [-0.39, 0.29) is 0 Å². The maximum Gasteiger partial charge on any atom is 0.174 e. The monoisotopic (exact) mass is 236 g/mol. The molecule has 5 heteroatoms. The lowest BCUT2D eigenvalue weighted by molar-refractivity contribution is 0.322. The van der Waals surface area contributed by atoms with E-state index in [4.69, 9.17) is 11.6 Å². The van der Waals surface area contributed by atoms with Crippen molar-refractivity contribution >= 4 is 17.2 Å². The van der Waals surface area contributed by atoms with Crippen LogP contribution < -0.4 is 0 Å². The molecule has 0 amide bonds. The van der Waals surface area contributed by atoms with Crippen LogP contribution in [0.4, 0.5) is 0 Å². The summed E-state index contributed by atoms with van der Waals surface area (Å²) in [6.07, 6.45) is 4.45. The minimum Gasteiger partial charge on any atom is -0.296 e. The van der Waals surface area contributed by atoms with Crippen molar-refractivity contribution in [1.82, 2.24) is 19.5 Å². The van der Waals surface area contributed by atoms with Gasteiger partial charge in [0.25, 0.3) is 0 Å². The van der Waals surface area contributed by atoms with Gasteiger partial charge in [0.2, 0.25) is 0 Å². The SMILES string of the molecule is Clc1cccn2nc(CN3CCCC3)nc12. The average molecular weight is 237 g/mol. The van der Waals surface area contributed by atoms with Gasteiger partial charge in [-0.05, 0) is 38.1 Å². The van der Waals surface area contributed by atoms with Gasteiger partial charge >= 0.3 is 0 Å². The number of hydrogen-bond acceptors (Lipinski definition) is 3. The van der Waals surface area contributed by atoms with Crippen molar-refractivity contribution < 1.29 is 0 Å². The van der Waals surface area contributed by atoms with E-state index in [1.54, 1.807) is 4.52 Å². The van der Waals surface area contributed by atoms with E-state index in [1.165, 1.54) is 12.8 Å². The zero-order valence-corrected chi connectivity index (χ0v) is 9.69. The minimum absolute atomic E-state index is 0.655. The van der Waals surface area contributed by atoms with Crippen molar-refractivity contribution in [2.24, 2.45) is 0 Å². The van der Waals surface area contributed by atoms with Gasteiger partial charge in [0.05, 0.1) is 11.6 Å². The van der Waals surface area contributed by atoms with Gasteiger partial charge in [-0.1, -0.05) is 11.6 Å². The molecule has 0 aromatic carbocycles. The summed E-state index contributed by atoms with van der Waals surface area (Å²) in [7, 11) is 0. The highest BCUT2D eigenvalue weighted by Crippen LogP contribution is 2.16. The predicted molar refractivity (Wildman–Crippen MR) is 62.5 cm³/mol. The first-order chi connectivity index (χ1) is 7.83. The Bertz CT molecular complexity index is 502. The van der Waals surface area contributed by atoms with E-state index >= 15 is 0 Å². The van der Waals surface area contributed by atoms with Crippen LogP contribution in [0, 0.1) is 0 Å². The topological polar surface area (TPSA) is 33.4 Å². The van der Waals surface area contributed by atoms with Crippen molar-refractivity contribution in [2.75, 3.05) is 13.1 Å². The van der Waals surface area contributed by atoms with Gasteiger partial charge < -0.3 is 0 Å². The largest absolute Gasteiger partial charge is 0.296 e. The van der Waals surface area contributed by atoms with Crippen LogP contribution in [0.15, 0.2) is 18.3 Å². The number of likely N-dealkylation sites (tertiary alicyclic amines) is 1. The minimum atomic E-state index is 0.655. The number of fused-ring (bicyclic) bond motifs is 1. The van der Waals surface area contributed by atoms with Gasteiger partial charge in [-0.15, -0.1) is 5.10 Å². The molecule has 84 valence electrons. The molecule has 0 atom stereocenters. The van der Waals surface area contributed by atoms with Crippen LogP contribution in [-0.4, -0.2) is 32.6 Å². The Balaban J connectivity index is 1.90. The molecule has 1 fully saturated rings. The van der Waals surface area contributed by atoms with Crippen LogP contribution in [0.2, 0.25) is 5.02 Å². The Morgan fingerprint density at radius 2 is 2.12 bits per heavy atom. The first-order valence-corrected chi connectivity index (χ1v) is 5.93. The van der Waals surface area contributed by atoms with Crippen LogP contribution in [0.5, 0.6) is 0 Å². The average Bonchev–Trinajstić information content (AvgIpc) is 2.88. The van der Waals surface area contributed by atoms with Crippen molar-refractivity contribution in [2.45, 2.75) is 19.4 Å². The van der Waals surface area contributed by atoms with Crippen molar-refractivity contribution in [3.8, 4) is 0 Å². The van der Waals surface area contributed by atoms with Crippen LogP contribution >= 0.6 is 11.6 Å². The van der Waals surface area contributed by atoms with Crippen molar-refractivity contribution in [1.29, 1.82) is 0 Å². The molecule has 0 bridgehead atoms. The van der Waals surface area contributed by atoms with E-state index < -0.39 is 0 Å². The molecule has 3 heterocycles. The van der Waals surface area contributed by atoms with Gasteiger partial charge in [0, 0.05) is 6.20 Å². The molecular weight excluding hydrogens is 224 g/mol. The molecule has 0 radical (unpaired) electrons. The second kappa shape index (κ2) is 4.03. The molecular formula is C11H13ClN4. The van der Waals surface area contributed by atoms with Gasteiger partial charge in [0.1, 0.15) is 0 Å². The summed E-state index contributed by atoms with van der Waals surface area (Å²) in [4.78, 5) is 6.83. The Morgan fingerprint density at radius 3 is 2.88 bits per heavy atom. The molecule has 0 saturated carbocycles. The molecule has 3 rings (SSSR count). The van der Waals surface area contributed by atoms with Crippen LogP contribution in [-0.2, 0) is 6.54 Å². The fourth-order valence-electron chi connectivity index (χ4n) is 2.13. The van der Waals surface area contributed by atoms with E-state index in [0.29, 0.717) is 5.02 Å². The van der Waals surface area contributed by atoms with E-state index in [1.807, 2.05) is 18.3 Å².